The first kappa shape index (κ1) is 16.0. The molecule has 1 fully saturated rings. The van der Waals surface area contributed by atoms with Gasteiger partial charge < -0.3 is 15.2 Å². The lowest BCUT2D eigenvalue weighted by atomic mass is 9.80. The van der Waals surface area contributed by atoms with Crippen LogP contribution >= 0.6 is 0 Å². The summed E-state index contributed by atoms with van der Waals surface area (Å²) < 4.78 is 5.02. The van der Waals surface area contributed by atoms with Gasteiger partial charge in [0.15, 0.2) is 5.78 Å². The summed E-state index contributed by atoms with van der Waals surface area (Å²) in [4.78, 5) is 34.4. The van der Waals surface area contributed by atoms with Gasteiger partial charge in [0.1, 0.15) is 5.75 Å². The number of Topliss-reactive ketones (excluding diaryl/α,β-unsaturated/α-hetero) is 1. The van der Waals surface area contributed by atoms with E-state index >= 15 is 0 Å². The molecular weight excluding hydrogens is 286 g/mol. The van der Waals surface area contributed by atoms with E-state index in [1.54, 1.807) is 31.4 Å². The predicted octanol–water partition coefficient (Wildman–Crippen LogP) is 1.64. The fraction of sp³-hybridized carbons (Fsp3) is 0.438. The second-order valence-electron chi connectivity index (χ2n) is 5.42. The normalized spacial score (nSPS) is 19.9. The summed E-state index contributed by atoms with van der Waals surface area (Å²) in [6.45, 7) is 0. The van der Waals surface area contributed by atoms with E-state index in [0.717, 1.165) is 0 Å². The van der Waals surface area contributed by atoms with Crippen molar-refractivity contribution in [2.24, 2.45) is 5.92 Å². The van der Waals surface area contributed by atoms with Crippen molar-refractivity contribution < 1.29 is 24.2 Å². The number of ether oxygens (including phenoxy) is 1. The first-order valence-corrected chi connectivity index (χ1v) is 7.19. The van der Waals surface area contributed by atoms with E-state index in [1.807, 2.05) is 0 Å². The molecular formula is C16H19NO5. The molecule has 1 saturated carbocycles. The van der Waals surface area contributed by atoms with Crippen molar-refractivity contribution >= 4 is 17.7 Å². The highest BCUT2D eigenvalue weighted by molar-refractivity contribution is 5.98. The Morgan fingerprint density at radius 3 is 2.36 bits per heavy atom. The monoisotopic (exact) mass is 305 g/mol. The van der Waals surface area contributed by atoms with Gasteiger partial charge in [0.2, 0.25) is 5.91 Å². The summed E-state index contributed by atoms with van der Waals surface area (Å²) >= 11 is 0. The lowest BCUT2D eigenvalue weighted by Crippen LogP contribution is -2.46. The first-order chi connectivity index (χ1) is 10.5. The van der Waals surface area contributed by atoms with Crippen LogP contribution in [0.4, 0.5) is 0 Å². The van der Waals surface area contributed by atoms with Crippen LogP contribution in [-0.2, 0) is 9.59 Å². The molecule has 1 aliphatic rings. The molecule has 0 aromatic heterocycles. The van der Waals surface area contributed by atoms with Crippen LogP contribution in [0, 0.1) is 5.92 Å². The third-order valence-electron chi connectivity index (χ3n) is 3.84. The minimum atomic E-state index is -0.819. The molecule has 2 rings (SSSR count). The number of hydrogen-bond acceptors (Lipinski definition) is 4. The number of rotatable bonds is 7. The number of amides is 1. The van der Waals surface area contributed by atoms with E-state index < -0.39 is 5.97 Å². The molecule has 118 valence electrons. The van der Waals surface area contributed by atoms with Crippen molar-refractivity contribution in [3.8, 4) is 5.75 Å². The summed E-state index contributed by atoms with van der Waals surface area (Å²) in [7, 11) is 1.55. The number of carboxylic acids is 1. The molecule has 2 N–H and O–H groups in total. The largest absolute Gasteiger partial charge is 0.497 e. The predicted molar refractivity (Wildman–Crippen MR) is 78.8 cm³/mol. The highest BCUT2D eigenvalue weighted by Crippen LogP contribution is 2.27. The summed E-state index contributed by atoms with van der Waals surface area (Å²) in [5, 5.41) is 11.5. The quantitative estimate of drug-likeness (QED) is 0.747. The third kappa shape index (κ3) is 4.07. The van der Waals surface area contributed by atoms with Crippen LogP contribution in [0.2, 0.25) is 0 Å². The lowest BCUT2D eigenvalue weighted by Gasteiger charge is -2.32. The van der Waals surface area contributed by atoms with E-state index in [-0.39, 0.29) is 36.5 Å². The topological polar surface area (TPSA) is 92.7 Å². The molecule has 1 aliphatic carbocycles. The molecule has 0 aliphatic heterocycles. The Hall–Kier alpha value is -2.37. The molecule has 1 aromatic rings. The average Bonchev–Trinajstić information content (AvgIpc) is 2.47. The second kappa shape index (κ2) is 7.06. The number of benzene rings is 1. The molecule has 0 saturated heterocycles. The molecule has 1 amide bonds. The number of nitrogens with one attached hydrogen (secondary N) is 1. The summed E-state index contributed by atoms with van der Waals surface area (Å²) in [6.07, 6.45) is 1.17. The first-order valence-electron chi connectivity index (χ1n) is 7.19. The maximum atomic E-state index is 12.0. The van der Waals surface area contributed by atoms with Gasteiger partial charge in [-0.05, 0) is 37.1 Å². The van der Waals surface area contributed by atoms with Gasteiger partial charge in [-0.25, -0.2) is 0 Å². The van der Waals surface area contributed by atoms with Crippen LogP contribution in [0.25, 0.3) is 0 Å². The van der Waals surface area contributed by atoms with Crippen molar-refractivity contribution in [2.75, 3.05) is 7.11 Å². The van der Waals surface area contributed by atoms with Gasteiger partial charge in [0.05, 0.1) is 13.0 Å². The molecule has 0 heterocycles. The molecule has 0 unspecified atom stereocenters. The Labute approximate surface area is 128 Å². The van der Waals surface area contributed by atoms with Crippen LogP contribution in [0.1, 0.15) is 36.0 Å². The molecule has 22 heavy (non-hydrogen) atoms. The van der Waals surface area contributed by atoms with Crippen LogP contribution in [0.3, 0.4) is 0 Å². The van der Waals surface area contributed by atoms with E-state index in [1.165, 1.54) is 0 Å². The van der Waals surface area contributed by atoms with Crippen molar-refractivity contribution in [3.63, 3.8) is 0 Å². The number of aliphatic carboxylic acids is 1. The average molecular weight is 305 g/mol. The van der Waals surface area contributed by atoms with Crippen molar-refractivity contribution in [1.29, 1.82) is 0 Å². The van der Waals surface area contributed by atoms with Gasteiger partial charge in [-0.2, -0.15) is 0 Å². The molecule has 1 aromatic carbocycles. The van der Waals surface area contributed by atoms with Crippen LogP contribution < -0.4 is 10.1 Å². The van der Waals surface area contributed by atoms with Crippen LogP contribution in [0.5, 0.6) is 5.75 Å². The number of ketones is 1. The Kier molecular flexibility index (Phi) is 5.14. The van der Waals surface area contributed by atoms with Crippen LogP contribution in [0.15, 0.2) is 24.3 Å². The molecule has 0 spiro atoms. The zero-order chi connectivity index (χ0) is 16.1. The summed E-state index contributed by atoms with van der Waals surface area (Å²) in [5.41, 5.74) is 0.545. The van der Waals surface area contributed by atoms with Gasteiger partial charge >= 0.3 is 5.97 Å². The maximum absolute atomic E-state index is 12.0. The SMILES string of the molecule is COc1ccc(C(=O)CCC(=O)NC2CC(C(=O)O)C2)cc1. The Morgan fingerprint density at radius 2 is 1.82 bits per heavy atom. The van der Waals surface area contributed by atoms with Crippen molar-refractivity contribution in [3.05, 3.63) is 29.8 Å². The van der Waals surface area contributed by atoms with E-state index in [2.05, 4.69) is 5.32 Å². The Morgan fingerprint density at radius 1 is 1.18 bits per heavy atom. The Balaban J connectivity index is 1.71. The maximum Gasteiger partial charge on any atom is 0.306 e. The van der Waals surface area contributed by atoms with E-state index in [4.69, 9.17) is 9.84 Å². The molecule has 0 bridgehead atoms. The zero-order valence-electron chi connectivity index (χ0n) is 12.4. The molecule has 6 heteroatoms. The summed E-state index contributed by atoms with van der Waals surface area (Å²) in [6, 6.07) is 6.66. The highest BCUT2D eigenvalue weighted by atomic mass is 16.5. The van der Waals surface area contributed by atoms with E-state index in [0.29, 0.717) is 24.2 Å². The van der Waals surface area contributed by atoms with Gasteiger partial charge in [-0.3, -0.25) is 14.4 Å². The zero-order valence-corrected chi connectivity index (χ0v) is 12.4. The van der Waals surface area contributed by atoms with Crippen molar-refractivity contribution in [1.82, 2.24) is 5.32 Å². The Bertz CT molecular complexity index is 560. The minimum Gasteiger partial charge on any atom is -0.497 e. The van der Waals surface area contributed by atoms with Gasteiger partial charge in [0.25, 0.3) is 0 Å². The number of hydrogen-bond donors (Lipinski definition) is 2. The van der Waals surface area contributed by atoms with Crippen LogP contribution in [-0.4, -0.2) is 35.9 Å². The van der Waals surface area contributed by atoms with Gasteiger partial charge in [-0.1, -0.05) is 0 Å². The fourth-order valence-electron chi connectivity index (χ4n) is 2.39. The van der Waals surface area contributed by atoms with Crippen molar-refractivity contribution in [2.45, 2.75) is 31.7 Å². The number of carboxylic acid groups (broad SMARTS) is 1. The smallest absolute Gasteiger partial charge is 0.306 e. The summed E-state index contributed by atoms with van der Waals surface area (Å²) in [5.74, 6) is -0.816. The van der Waals surface area contributed by atoms with E-state index in [9.17, 15) is 14.4 Å². The molecule has 0 atom stereocenters. The highest BCUT2D eigenvalue weighted by Gasteiger charge is 2.35. The number of methoxy groups -OCH3 is 1. The third-order valence-corrected chi connectivity index (χ3v) is 3.84. The number of carbonyl (C=O) groups excluding carboxylic acids is 2. The lowest BCUT2D eigenvalue weighted by molar-refractivity contribution is -0.146. The minimum absolute atomic E-state index is 0.0790. The number of carbonyl (C=O) groups is 3. The van der Waals surface area contributed by atoms with Gasteiger partial charge in [0, 0.05) is 24.4 Å². The molecule has 6 nitrogen and oxygen atoms in total. The second-order valence-corrected chi connectivity index (χ2v) is 5.42. The van der Waals surface area contributed by atoms with Gasteiger partial charge in [-0.15, -0.1) is 0 Å². The standard InChI is InChI=1S/C16H19NO5/c1-22-13-4-2-10(3-5-13)14(18)6-7-15(19)17-12-8-11(9-12)16(20)21/h2-5,11-12H,6-9H2,1H3,(H,17,19)(H,20,21). The molecule has 0 radical (unpaired) electrons. The fourth-order valence-corrected chi connectivity index (χ4v) is 2.39.